The second-order valence-electron chi connectivity index (χ2n) is 12.9. The van der Waals surface area contributed by atoms with Crippen molar-refractivity contribution >= 4 is 49.4 Å². The summed E-state index contributed by atoms with van der Waals surface area (Å²) in [6.45, 7) is 4.83. The quantitative estimate of drug-likeness (QED) is 0.185. The van der Waals surface area contributed by atoms with E-state index >= 15 is 0 Å². The van der Waals surface area contributed by atoms with E-state index < -0.39 is 0 Å². The fourth-order valence-electron chi connectivity index (χ4n) is 7.98. The zero-order valence-electron chi connectivity index (χ0n) is 26.0. The van der Waals surface area contributed by atoms with Crippen LogP contribution in [0.1, 0.15) is 25.0 Å². The molecule has 0 unspecified atom stereocenters. The van der Waals surface area contributed by atoms with Gasteiger partial charge in [-0.2, -0.15) is 0 Å². The Labute approximate surface area is 270 Å². The summed E-state index contributed by atoms with van der Waals surface area (Å²) in [4.78, 5) is 2.38. The van der Waals surface area contributed by atoms with Crippen molar-refractivity contribution in [2.45, 2.75) is 19.3 Å². The molecular formula is C45H33N. The van der Waals surface area contributed by atoms with Crippen LogP contribution in [0.15, 0.2) is 164 Å². The predicted molar refractivity (Wildman–Crippen MR) is 197 cm³/mol. The summed E-state index contributed by atoms with van der Waals surface area (Å²) in [6, 6.07) is 59.8. The minimum absolute atomic E-state index is 0.151. The van der Waals surface area contributed by atoms with Crippen LogP contribution in [-0.4, -0.2) is 0 Å². The molecule has 0 saturated carbocycles. The smallest absolute Gasteiger partial charge is 0.0468 e. The number of rotatable bonds is 4. The van der Waals surface area contributed by atoms with Crippen molar-refractivity contribution in [3.8, 4) is 22.3 Å². The van der Waals surface area contributed by atoms with Gasteiger partial charge in [0.05, 0.1) is 0 Å². The van der Waals surface area contributed by atoms with E-state index in [4.69, 9.17) is 0 Å². The van der Waals surface area contributed by atoms with Gasteiger partial charge in [0.25, 0.3) is 0 Å². The van der Waals surface area contributed by atoms with Crippen molar-refractivity contribution in [1.82, 2.24) is 0 Å². The van der Waals surface area contributed by atoms with E-state index in [1.54, 1.807) is 0 Å². The van der Waals surface area contributed by atoms with Gasteiger partial charge in [-0.05, 0) is 102 Å². The molecule has 1 heteroatoms. The predicted octanol–water partition coefficient (Wildman–Crippen LogP) is 12.6. The fraction of sp³-hybridized carbons (Fsp3) is 0.0667. The van der Waals surface area contributed by atoms with Crippen LogP contribution >= 0.6 is 0 Å². The molecule has 8 aromatic rings. The Morgan fingerprint density at radius 3 is 1.74 bits per heavy atom. The summed E-state index contributed by atoms with van der Waals surface area (Å²) in [6.07, 6.45) is 0. The number of nitrogens with zero attached hydrogens (tertiary/aromatic N) is 1. The zero-order chi connectivity index (χ0) is 30.8. The lowest BCUT2D eigenvalue weighted by molar-refractivity contribution is 0.672. The molecule has 0 fully saturated rings. The van der Waals surface area contributed by atoms with Crippen molar-refractivity contribution in [2.24, 2.45) is 0 Å². The van der Waals surface area contributed by atoms with E-state index in [0.29, 0.717) is 0 Å². The maximum absolute atomic E-state index is 2.41. The molecule has 1 aliphatic carbocycles. The number of benzene rings is 8. The molecule has 0 atom stereocenters. The van der Waals surface area contributed by atoms with Gasteiger partial charge < -0.3 is 4.90 Å². The largest absolute Gasteiger partial charge is 0.310 e. The Morgan fingerprint density at radius 2 is 0.978 bits per heavy atom. The summed E-state index contributed by atoms with van der Waals surface area (Å²) < 4.78 is 0. The Morgan fingerprint density at radius 1 is 0.391 bits per heavy atom. The minimum atomic E-state index is -0.151. The summed E-state index contributed by atoms with van der Waals surface area (Å²) in [7, 11) is 0. The number of anilines is 3. The number of para-hydroxylation sites is 1. The second kappa shape index (κ2) is 10.2. The second-order valence-corrected chi connectivity index (χ2v) is 12.9. The van der Waals surface area contributed by atoms with Crippen LogP contribution in [-0.2, 0) is 5.41 Å². The van der Waals surface area contributed by atoms with E-state index in [1.165, 1.54) is 65.7 Å². The molecule has 1 aliphatic rings. The topological polar surface area (TPSA) is 3.24 Å². The fourth-order valence-corrected chi connectivity index (χ4v) is 7.98. The Bertz CT molecular complexity index is 2420. The summed E-state index contributed by atoms with van der Waals surface area (Å²) in [5, 5.41) is 7.89. The van der Waals surface area contributed by atoms with Crippen molar-refractivity contribution in [1.29, 1.82) is 0 Å². The van der Waals surface area contributed by atoms with Crippen LogP contribution < -0.4 is 4.90 Å². The SMILES string of the molecule is CC1(C)c2c(ccc3ccccc23)-c2c1c1ccc(N(c3ccccc3)c3ccc(-c4ccccc4)cc3)cc1c1ccccc21. The van der Waals surface area contributed by atoms with Gasteiger partial charge in [0.1, 0.15) is 0 Å². The zero-order valence-corrected chi connectivity index (χ0v) is 26.0. The van der Waals surface area contributed by atoms with Gasteiger partial charge in [-0.1, -0.05) is 141 Å². The molecule has 0 radical (unpaired) electrons. The highest BCUT2D eigenvalue weighted by atomic mass is 15.1. The molecule has 0 bridgehead atoms. The molecule has 218 valence electrons. The monoisotopic (exact) mass is 587 g/mol. The van der Waals surface area contributed by atoms with Gasteiger partial charge in [-0.15, -0.1) is 0 Å². The average molecular weight is 588 g/mol. The Kier molecular flexibility index (Phi) is 5.92. The van der Waals surface area contributed by atoms with Gasteiger partial charge in [0, 0.05) is 22.5 Å². The third kappa shape index (κ3) is 3.95. The molecule has 46 heavy (non-hydrogen) atoms. The van der Waals surface area contributed by atoms with E-state index in [2.05, 4.69) is 183 Å². The average Bonchev–Trinajstić information content (AvgIpc) is 3.37. The third-order valence-electron chi connectivity index (χ3n) is 9.96. The number of hydrogen-bond donors (Lipinski definition) is 0. The first kappa shape index (κ1) is 26.7. The molecule has 0 aliphatic heterocycles. The van der Waals surface area contributed by atoms with Crippen molar-refractivity contribution in [3.05, 3.63) is 175 Å². The molecule has 0 spiro atoms. The first-order valence-electron chi connectivity index (χ1n) is 16.1. The molecule has 0 saturated heterocycles. The molecule has 9 rings (SSSR count). The number of fused-ring (bicyclic) bond motifs is 10. The summed E-state index contributed by atoms with van der Waals surface area (Å²) >= 11 is 0. The van der Waals surface area contributed by atoms with Crippen molar-refractivity contribution in [2.75, 3.05) is 4.90 Å². The highest BCUT2D eigenvalue weighted by Crippen LogP contribution is 2.56. The molecular weight excluding hydrogens is 555 g/mol. The molecule has 0 heterocycles. The van der Waals surface area contributed by atoms with Gasteiger partial charge in [0.2, 0.25) is 0 Å². The van der Waals surface area contributed by atoms with Crippen LogP contribution in [0.25, 0.3) is 54.6 Å². The molecule has 0 amide bonds. The third-order valence-corrected chi connectivity index (χ3v) is 9.96. The standard InChI is InChI=1S/C45H33N/c1-45(2)43-36-18-10-9-15-32(36)23-27-40(43)42-38-20-12-11-19-37(38)41-29-35(26-28-39(41)44(42)45)46(33-16-7-4-8-17-33)34-24-21-31(22-25-34)30-13-5-3-6-14-30/h3-29H,1-2H3. The highest BCUT2D eigenvalue weighted by molar-refractivity contribution is 6.20. The Hall–Kier alpha value is -5.66. The summed E-state index contributed by atoms with van der Waals surface area (Å²) in [5.74, 6) is 0. The van der Waals surface area contributed by atoms with Gasteiger partial charge in [0.15, 0.2) is 0 Å². The molecule has 0 N–H and O–H groups in total. The molecule has 8 aromatic carbocycles. The van der Waals surface area contributed by atoms with Crippen LogP contribution in [0.5, 0.6) is 0 Å². The van der Waals surface area contributed by atoms with Gasteiger partial charge in [-0.25, -0.2) is 0 Å². The van der Waals surface area contributed by atoms with Crippen LogP contribution in [0.2, 0.25) is 0 Å². The van der Waals surface area contributed by atoms with E-state index in [-0.39, 0.29) is 5.41 Å². The van der Waals surface area contributed by atoms with Gasteiger partial charge in [-0.3, -0.25) is 0 Å². The van der Waals surface area contributed by atoms with Crippen LogP contribution in [0, 0.1) is 0 Å². The van der Waals surface area contributed by atoms with Gasteiger partial charge >= 0.3 is 0 Å². The lowest BCUT2D eigenvalue weighted by Crippen LogP contribution is -2.16. The first-order chi connectivity index (χ1) is 22.6. The van der Waals surface area contributed by atoms with E-state index in [0.717, 1.165) is 17.1 Å². The normalized spacial score (nSPS) is 13.2. The maximum atomic E-state index is 2.41. The lowest BCUT2D eigenvalue weighted by atomic mass is 9.78. The highest BCUT2D eigenvalue weighted by Gasteiger charge is 2.39. The van der Waals surface area contributed by atoms with E-state index in [1.807, 2.05) is 0 Å². The number of hydrogen-bond acceptors (Lipinski definition) is 1. The molecule has 0 aromatic heterocycles. The van der Waals surface area contributed by atoms with Crippen LogP contribution in [0.4, 0.5) is 17.1 Å². The molecule has 1 nitrogen and oxygen atoms in total. The minimum Gasteiger partial charge on any atom is -0.310 e. The van der Waals surface area contributed by atoms with Crippen LogP contribution in [0.3, 0.4) is 0 Å². The lowest BCUT2D eigenvalue weighted by Gasteiger charge is -2.28. The van der Waals surface area contributed by atoms with Crippen molar-refractivity contribution in [3.63, 3.8) is 0 Å². The van der Waals surface area contributed by atoms with Crippen molar-refractivity contribution < 1.29 is 0 Å². The Balaban J connectivity index is 1.28. The first-order valence-corrected chi connectivity index (χ1v) is 16.1. The van der Waals surface area contributed by atoms with E-state index in [9.17, 15) is 0 Å². The summed E-state index contributed by atoms with van der Waals surface area (Å²) in [5.41, 5.74) is 11.3. The maximum Gasteiger partial charge on any atom is 0.0468 e.